The van der Waals surface area contributed by atoms with E-state index in [1.165, 1.54) is 6.07 Å². The Morgan fingerprint density at radius 2 is 1.85 bits per heavy atom. The van der Waals surface area contributed by atoms with Gasteiger partial charge in [-0.2, -0.15) is 23.3 Å². The number of aryl methyl sites for hydroxylation is 1. The maximum atomic E-state index is 13.3. The van der Waals surface area contributed by atoms with Gasteiger partial charge in [0.05, 0.1) is 23.0 Å². The van der Waals surface area contributed by atoms with Crippen molar-refractivity contribution in [1.82, 2.24) is 19.7 Å². The molecule has 0 unspecified atom stereocenters. The van der Waals surface area contributed by atoms with Crippen LogP contribution in [0.1, 0.15) is 5.56 Å². The lowest BCUT2D eigenvalue weighted by Crippen LogP contribution is -2.08. The number of benzene rings is 2. The van der Waals surface area contributed by atoms with Gasteiger partial charge in [0.2, 0.25) is 11.9 Å². The third kappa shape index (κ3) is 5.09. The molecule has 0 radical (unpaired) electrons. The molecule has 33 heavy (non-hydrogen) atoms. The first-order valence-corrected chi connectivity index (χ1v) is 9.66. The van der Waals surface area contributed by atoms with Crippen LogP contribution in [0.25, 0.3) is 10.9 Å². The fourth-order valence-corrected chi connectivity index (χ4v) is 3.08. The van der Waals surface area contributed by atoms with Crippen molar-refractivity contribution in [1.29, 1.82) is 0 Å². The van der Waals surface area contributed by atoms with Crippen LogP contribution in [0.4, 0.5) is 42.0 Å². The number of anilines is 5. The van der Waals surface area contributed by atoms with Crippen molar-refractivity contribution < 1.29 is 18.0 Å². The van der Waals surface area contributed by atoms with Crippen LogP contribution >= 0.6 is 0 Å². The molecular formula is C22H18F3N7O. The van der Waals surface area contributed by atoms with Crippen LogP contribution in [0, 0.1) is 0 Å². The Morgan fingerprint density at radius 3 is 2.55 bits per heavy atom. The quantitative estimate of drug-likeness (QED) is 0.356. The number of carbonyl (C=O) groups is 1. The molecule has 168 valence electrons. The zero-order valence-electron chi connectivity index (χ0n) is 17.3. The zero-order valence-corrected chi connectivity index (χ0v) is 17.3. The fourth-order valence-electron chi connectivity index (χ4n) is 3.08. The maximum absolute atomic E-state index is 13.3. The minimum atomic E-state index is -4.51. The molecule has 0 saturated carbocycles. The van der Waals surface area contributed by atoms with Gasteiger partial charge in [-0.05, 0) is 42.5 Å². The van der Waals surface area contributed by atoms with E-state index in [0.29, 0.717) is 22.4 Å². The van der Waals surface area contributed by atoms with Crippen LogP contribution < -0.4 is 16.0 Å². The van der Waals surface area contributed by atoms with Crippen LogP contribution in [0.3, 0.4) is 0 Å². The smallest absolute Gasteiger partial charge is 0.339 e. The summed E-state index contributed by atoms with van der Waals surface area (Å²) in [5.41, 5.74) is 0.926. The van der Waals surface area contributed by atoms with E-state index in [4.69, 9.17) is 0 Å². The summed E-state index contributed by atoms with van der Waals surface area (Å²) >= 11 is 0. The van der Waals surface area contributed by atoms with Crippen molar-refractivity contribution in [2.75, 3.05) is 16.0 Å². The van der Waals surface area contributed by atoms with E-state index in [0.717, 1.165) is 18.2 Å². The van der Waals surface area contributed by atoms with Gasteiger partial charge in [0, 0.05) is 30.0 Å². The third-order valence-corrected chi connectivity index (χ3v) is 4.56. The number of nitrogens with zero attached hydrogens (tertiary/aromatic N) is 4. The normalized spacial score (nSPS) is 11.3. The summed E-state index contributed by atoms with van der Waals surface area (Å²) < 4.78 is 41.4. The molecule has 1 amide bonds. The molecule has 3 N–H and O–H groups in total. The molecule has 2 aromatic carbocycles. The lowest BCUT2D eigenvalue weighted by atomic mass is 10.1. The van der Waals surface area contributed by atoms with Crippen LogP contribution in [0.5, 0.6) is 0 Å². The summed E-state index contributed by atoms with van der Waals surface area (Å²) in [6.45, 7) is 3.41. The summed E-state index contributed by atoms with van der Waals surface area (Å²) in [4.78, 5) is 20.3. The number of carbonyl (C=O) groups excluding carboxylic acids is 1. The van der Waals surface area contributed by atoms with Crippen LogP contribution in [-0.4, -0.2) is 25.7 Å². The first kappa shape index (κ1) is 21.8. The highest BCUT2D eigenvalue weighted by atomic mass is 19.4. The maximum Gasteiger partial charge on any atom is 0.416 e. The van der Waals surface area contributed by atoms with E-state index < -0.39 is 11.7 Å². The monoisotopic (exact) mass is 453 g/mol. The van der Waals surface area contributed by atoms with Gasteiger partial charge in [-0.3, -0.25) is 9.48 Å². The summed E-state index contributed by atoms with van der Waals surface area (Å²) in [7, 11) is 1.73. The van der Waals surface area contributed by atoms with Crippen LogP contribution in [0.2, 0.25) is 0 Å². The van der Waals surface area contributed by atoms with Gasteiger partial charge >= 0.3 is 6.18 Å². The van der Waals surface area contributed by atoms with Gasteiger partial charge in [-0.1, -0.05) is 12.6 Å². The molecule has 8 nitrogen and oxygen atoms in total. The predicted octanol–water partition coefficient (Wildman–Crippen LogP) is 4.99. The summed E-state index contributed by atoms with van der Waals surface area (Å²) in [5, 5.41) is 13.1. The largest absolute Gasteiger partial charge is 0.416 e. The second-order valence-corrected chi connectivity index (χ2v) is 7.05. The molecule has 2 heterocycles. The number of amides is 1. The molecule has 4 aromatic rings. The van der Waals surface area contributed by atoms with E-state index in [2.05, 4.69) is 37.6 Å². The average molecular weight is 453 g/mol. The molecule has 0 aliphatic carbocycles. The lowest BCUT2D eigenvalue weighted by Gasteiger charge is -2.14. The molecule has 0 aliphatic rings. The fraction of sp³-hybridized carbons (Fsp3) is 0.0909. The third-order valence-electron chi connectivity index (χ3n) is 4.56. The van der Waals surface area contributed by atoms with E-state index >= 15 is 0 Å². The van der Waals surface area contributed by atoms with Crippen molar-refractivity contribution >= 4 is 45.6 Å². The predicted molar refractivity (Wildman–Crippen MR) is 120 cm³/mol. The van der Waals surface area contributed by atoms with E-state index in [1.807, 2.05) is 0 Å². The highest BCUT2D eigenvalue weighted by Crippen LogP contribution is 2.34. The Bertz CT molecular complexity index is 1350. The standard InChI is InChI=1S/C22H18F3N7O/c1-3-19(33)27-14-5-4-6-15(10-14)28-20-17-8-7-13(22(23,24)25)9-18(17)30-21(31-20)29-16-11-26-32(2)12-16/h3-12H,1H2,2H3,(H,27,33)(H2,28,29,30,31). The zero-order chi connectivity index (χ0) is 23.6. The summed E-state index contributed by atoms with van der Waals surface area (Å²) in [6.07, 6.45) is -0.148. The molecule has 0 atom stereocenters. The van der Waals surface area contributed by atoms with E-state index in [1.54, 1.807) is 48.4 Å². The average Bonchev–Trinajstić information content (AvgIpc) is 3.17. The van der Waals surface area contributed by atoms with Crippen LogP contribution in [-0.2, 0) is 18.0 Å². The lowest BCUT2D eigenvalue weighted by molar-refractivity contribution is -0.137. The number of fused-ring (bicyclic) bond motifs is 1. The molecule has 0 spiro atoms. The molecule has 2 aromatic heterocycles. The second-order valence-electron chi connectivity index (χ2n) is 7.05. The number of rotatable bonds is 6. The Labute approximate surface area is 186 Å². The minimum absolute atomic E-state index is 0.0911. The van der Waals surface area contributed by atoms with Gasteiger partial charge in [-0.25, -0.2) is 4.98 Å². The summed E-state index contributed by atoms with van der Waals surface area (Å²) in [5.74, 6) is 0.00280. The minimum Gasteiger partial charge on any atom is -0.339 e. The van der Waals surface area contributed by atoms with Crippen molar-refractivity contribution in [2.45, 2.75) is 6.18 Å². The Kier molecular flexibility index (Phi) is 5.69. The van der Waals surface area contributed by atoms with E-state index in [-0.39, 0.29) is 23.2 Å². The Morgan fingerprint density at radius 1 is 1.06 bits per heavy atom. The Hall–Kier alpha value is -4.41. The van der Waals surface area contributed by atoms with Gasteiger partial charge < -0.3 is 16.0 Å². The van der Waals surface area contributed by atoms with Crippen molar-refractivity contribution in [2.24, 2.45) is 7.05 Å². The van der Waals surface area contributed by atoms with Crippen molar-refractivity contribution in [3.63, 3.8) is 0 Å². The second kappa shape index (κ2) is 8.61. The van der Waals surface area contributed by atoms with E-state index in [9.17, 15) is 18.0 Å². The SMILES string of the molecule is C=CC(=O)Nc1cccc(Nc2nc(Nc3cnn(C)c3)nc3cc(C(F)(F)F)ccc23)c1. The number of aromatic nitrogens is 4. The highest BCUT2D eigenvalue weighted by molar-refractivity contribution is 5.99. The molecule has 0 aliphatic heterocycles. The molecule has 4 rings (SSSR count). The Balaban J connectivity index is 1.76. The van der Waals surface area contributed by atoms with Gasteiger partial charge in [0.25, 0.3) is 0 Å². The highest BCUT2D eigenvalue weighted by Gasteiger charge is 2.31. The van der Waals surface area contributed by atoms with Crippen LogP contribution in [0.15, 0.2) is 67.5 Å². The van der Waals surface area contributed by atoms with Gasteiger partial charge in [-0.15, -0.1) is 0 Å². The van der Waals surface area contributed by atoms with Gasteiger partial charge in [0.15, 0.2) is 0 Å². The topological polar surface area (TPSA) is 96.8 Å². The number of hydrogen-bond acceptors (Lipinski definition) is 6. The first-order valence-electron chi connectivity index (χ1n) is 9.66. The van der Waals surface area contributed by atoms with Crippen molar-refractivity contribution in [3.05, 3.63) is 73.1 Å². The van der Waals surface area contributed by atoms with Gasteiger partial charge in [0.1, 0.15) is 5.82 Å². The number of halogens is 3. The molecule has 0 fully saturated rings. The van der Waals surface area contributed by atoms with Crippen molar-refractivity contribution in [3.8, 4) is 0 Å². The molecule has 0 bridgehead atoms. The number of alkyl halides is 3. The molecular weight excluding hydrogens is 435 g/mol. The number of hydrogen-bond donors (Lipinski definition) is 3. The molecule has 0 saturated heterocycles. The first-order chi connectivity index (χ1) is 15.7. The summed E-state index contributed by atoms with van der Waals surface area (Å²) in [6, 6.07) is 10.1. The molecule has 11 heteroatoms. The number of nitrogens with one attached hydrogen (secondary N) is 3.